The van der Waals surface area contributed by atoms with Crippen molar-refractivity contribution in [1.82, 2.24) is 0 Å². The van der Waals surface area contributed by atoms with Gasteiger partial charge in [-0.25, -0.2) is 4.99 Å². The monoisotopic (exact) mass is 173 g/mol. The Morgan fingerprint density at radius 1 is 1.38 bits per heavy atom. The molecule has 1 aromatic carbocycles. The molecule has 1 aromatic rings. The average Bonchev–Trinajstić information content (AvgIpc) is 2.52. The zero-order valence-corrected chi connectivity index (χ0v) is 7.49. The zero-order chi connectivity index (χ0) is 9.26. The fourth-order valence-electron chi connectivity index (χ4n) is 1.33. The largest absolute Gasteiger partial charge is 0.399 e. The Morgan fingerprint density at radius 3 is 2.85 bits per heavy atom. The van der Waals surface area contributed by atoms with Crippen molar-refractivity contribution in [1.29, 1.82) is 0 Å². The van der Waals surface area contributed by atoms with Gasteiger partial charge in [-0.2, -0.15) is 0 Å². The van der Waals surface area contributed by atoms with Crippen LogP contribution in [0.1, 0.15) is 12.5 Å². The number of amidine groups is 1. The second kappa shape index (κ2) is 3.01. The lowest BCUT2D eigenvalue weighted by atomic mass is 10.1. The van der Waals surface area contributed by atoms with Gasteiger partial charge < -0.3 is 5.73 Å². The summed E-state index contributed by atoms with van der Waals surface area (Å²) in [6.45, 7) is 2.58. The van der Waals surface area contributed by atoms with Gasteiger partial charge in [-0.3, -0.25) is 4.99 Å². The Labute approximate surface area is 77.0 Å². The van der Waals surface area contributed by atoms with E-state index in [9.17, 15) is 0 Å². The van der Waals surface area contributed by atoms with E-state index in [1.54, 1.807) is 0 Å². The van der Waals surface area contributed by atoms with Crippen LogP contribution in [0.4, 0.5) is 5.69 Å². The Kier molecular flexibility index (Phi) is 1.85. The lowest BCUT2D eigenvalue weighted by Gasteiger charge is -1.99. The molecule has 1 aliphatic heterocycles. The molecule has 0 saturated carbocycles. The molecular formula is C10H11N3. The van der Waals surface area contributed by atoms with E-state index in [0.717, 1.165) is 22.8 Å². The van der Waals surface area contributed by atoms with Crippen LogP contribution in [0.15, 0.2) is 34.3 Å². The molecule has 0 atom stereocenters. The number of hydrogen-bond acceptors (Lipinski definition) is 3. The number of nitrogens with zero attached hydrogens (tertiary/aromatic N) is 2. The smallest absolute Gasteiger partial charge is 0.120 e. The van der Waals surface area contributed by atoms with Gasteiger partial charge in [0, 0.05) is 5.69 Å². The van der Waals surface area contributed by atoms with Crippen LogP contribution in [0.25, 0.3) is 0 Å². The Morgan fingerprint density at radius 2 is 2.23 bits per heavy atom. The summed E-state index contributed by atoms with van der Waals surface area (Å²) in [5.74, 6) is 0.845. The molecule has 0 amide bonds. The molecule has 13 heavy (non-hydrogen) atoms. The molecule has 1 aliphatic rings. The van der Waals surface area contributed by atoms with Gasteiger partial charge in [0.05, 0.1) is 12.3 Å². The van der Waals surface area contributed by atoms with Crippen molar-refractivity contribution < 1.29 is 0 Å². The number of nitrogen functional groups attached to an aromatic ring is 1. The van der Waals surface area contributed by atoms with Crippen molar-refractivity contribution in [3.05, 3.63) is 29.8 Å². The number of rotatable bonds is 1. The molecule has 0 unspecified atom stereocenters. The van der Waals surface area contributed by atoms with Crippen LogP contribution in [0, 0.1) is 0 Å². The predicted molar refractivity (Wildman–Crippen MR) is 55.4 cm³/mol. The van der Waals surface area contributed by atoms with E-state index >= 15 is 0 Å². The summed E-state index contributed by atoms with van der Waals surface area (Å²) in [5.41, 5.74) is 8.51. The minimum Gasteiger partial charge on any atom is -0.399 e. The Hall–Kier alpha value is -1.64. The molecule has 0 fully saturated rings. The van der Waals surface area contributed by atoms with Gasteiger partial charge in [-0.15, -0.1) is 0 Å². The molecule has 2 N–H and O–H groups in total. The van der Waals surface area contributed by atoms with E-state index in [2.05, 4.69) is 9.98 Å². The van der Waals surface area contributed by atoms with Crippen molar-refractivity contribution in [3.63, 3.8) is 0 Å². The summed E-state index contributed by atoms with van der Waals surface area (Å²) in [6, 6.07) is 7.73. The van der Waals surface area contributed by atoms with Gasteiger partial charge in [-0.1, -0.05) is 12.1 Å². The van der Waals surface area contributed by atoms with Crippen molar-refractivity contribution in [2.45, 2.75) is 6.92 Å². The van der Waals surface area contributed by atoms with E-state index in [0.29, 0.717) is 6.54 Å². The van der Waals surface area contributed by atoms with Gasteiger partial charge >= 0.3 is 0 Å². The molecule has 2 rings (SSSR count). The van der Waals surface area contributed by atoms with Gasteiger partial charge in [0.2, 0.25) is 0 Å². The third-order valence-corrected chi connectivity index (χ3v) is 1.97. The molecule has 0 bridgehead atoms. The minimum absolute atomic E-state index is 0.676. The molecule has 0 aliphatic carbocycles. The van der Waals surface area contributed by atoms with Gasteiger partial charge in [0.1, 0.15) is 5.84 Å². The number of aliphatic imine (C=N–C) groups is 2. The number of nitrogens with two attached hydrogens (primary N) is 1. The summed E-state index contributed by atoms with van der Waals surface area (Å²) in [7, 11) is 0. The van der Waals surface area contributed by atoms with Crippen molar-refractivity contribution in [2.75, 3.05) is 12.3 Å². The first-order valence-corrected chi connectivity index (χ1v) is 4.20. The molecule has 66 valence electrons. The maximum atomic E-state index is 5.67. The SMILES string of the molecule is CC1=NCC(c2cccc(N)c2)=N1. The van der Waals surface area contributed by atoms with Gasteiger partial charge in [-0.05, 0) is 24.6 Å². The number of hydrogen-bond donors (Lipinski definition) is 1. The third-order valence-electron chi connectivity index (χ3n) is 1.97. The average molecular weight is 173 g/mol. The highest BCUT2D eigenvalue weighted by Crippen LogP contribution is 2.11. The van der Waals surface area contributed by atoms with Crippen LogP contribution < -0.4 is 5.73 Å². The normalized spacial score (nSPS) is 15.5. The van der Waals surface area contributed by atoms with Crippen LogP contribution in [-0.2, 0) is 0 Å². The highest BCUT2D eigenvalue weighted by atomic mass is 15.0. The van der Waals surface area contributed by atoms with Gasteiger partial charge in [0.25, 0.3) is 0 Å². The molecule has 3 nitrogen and oxygen atoms in total. The summed E-state index contributed by atoms with van der Waals surface area (Å²) in [5, 5.41) is 0. The first-order chi connectivity index (χ1) is 6.25. The molecular weight excluding hydrogens is 162 g/mol. The Balaban J connectivity index is 2.33. The first kappa shape index (κ1) is 7.98. The molecule has 0 radical (unpaired) electrons. The van der Waals surface area contributed by atoms with Crippen molar-refractivity contribution in [3.8, 4) is 0 Å². The fraction of sp³-hybridized carbons (Fsp3) is 0.200. The maximum absolute atomic E-state index is 5.67. The van der Waals surface area contributed by atoms with E-state index in [4.69, 9.17) is 5.73 Å². The quantitative estimate of drug-likeness (QED) is 0.643. The van der Waals surface area contributed by atoms with Gasteiger partial charge in [0.15, 0.2) is 0 Å². The number of benzene rings is 1. The second-order valence-corrected chi connectivity index (χ2v) is 3.05. The maximum Gasteiger partial charge on any atom is 0.120 e. The molecule has 3 heteroatoms. The molecule has 1 heterocycles. The van der Waals surface area contributed by atoms with E-state index in [-0.39, 0.29) is 0 Å². The summed E-state index contributed by atoms with van der Waals surface area (Å²) in [6.07, 6.45) is 0. The highest BCUT2D eigenvalue weighted by Gasteiger charge is 2.08. The molecule has 0 saturated heterocycles. The topological polar surface area (TPSA) is 50.7 Å². The Bertz CT molecular complexity index is 391. The standard InChI is InChI=1S/C10H11N3/c1-7-12-6-10(13-7)8-3-2-4-9(11)5-8/h2-5H,6,11H2,1H3. The highest BCUT2D eigenvalue weighted by molar-refractivity contribution is 6.12. The van der Waals surface area contributed by atoms with Crippen LogP contribution in [0.3, 0.4) is 0 Å². The van der Waals surface area contributed by atoms with Crippen LogP contribution in [0.5, 0.6) is 0 Å². The second-order valence-electron chi connectivity index (χ2n) is 3.05. The fourth-order valence-corrected chi connectivity index (χ4v) is 1.33. The molecule has 0 aromatic heterocycles. The summed E-state index contributed by atoms with van der Waals surface area (Å²) >= 11 is 0. The van der Waals surface area contributed by atoms with E-state index < -0.39 is 0 Å². The summed E-state index contributed by atoms with van der Waals surface area (Å²) < 4.78 is 0. The zero-order valence-electron chi connectivity index (χ0n) is 7.49. The van der Waals surface area contributed by atoms with Crippen molar-refractivity contribution in [2.24, 2.45) is 9.98 Å². The van der Waals surface area contributed by atoms with E-state index in [1.165, 1.54) is 0 Å². The van der Waals surface area contributed by atoms with Crippen molar-refractivity contribution >= 4 is 17.2 Å². The third kappa shape index (κ3) is 1.59. The first-order valence-electron chi connectivity index (χ1n) is 4.20. The van der Waals surface area contributed by atoms with Crippen LogP contribution >= 0.6 is 0 Å². The van der Waals surface area contributed by atoms with Crippen LogP contribution in [0.2, 0.25) is 0 Å². The molecule has 0 spiro atoms. The number of anilines is 1. The summed E-state index contributed by atoms with van der Waals surface area (Å²) in [4.78, 5) is 8.51. The van der Waals surface area contributed by atoms with E-state index in [1.807, 2.05) is 31.2 Å². The lowest BCUT2D eigenvalue weighted by Crippen LogP contribution is -2.02. The minimum atomic E-state index is 0.676. The lowest BCUT2D eigenvalue weighted by molar-refractivity contribution is 1.33. The van der Waals surface area contributed by atoms with Crippen LogP contribution in [-0.4, -0.2) is 18.1 Å². The predicted octanol–water partition coefficient (Wildman–Crippen LogP) is 1.49.